The second kappa shape index (κ2) is 6.63. The van der Waals surface area contributed by atoms with Crippen molar-refractivity contribution < 1.29 is 4.79 Å². The molecule has 0 aliphatic carbocycles. The smallest absolute Gasteiger partial charge is 0.252 e. The molecule has 0 spiro atoms. The molecule has 1 aromatic heterocycles. The third-order valence-electron chi connectivity index (χ3n) is 2.71. The molecule has 1 heterocycles. The largest absolute Gasteiger partial charge is 0.365 e. The molecule has 0 aliphatic heterocycles. The first-order valence-corrected chi connectivity index (χ1v) is 7.36. The number of carbonyl (C=O) groups is 1. The van der Waals surface area contributed by atoms with Crippen LogP contribution in [-0.4, -0.2) is 16.2 Å². The number of thioether (sulfide) groups is 1. The monoisotopic (exact) mass is 307 g/mol. The Morgan fingerprint density at radius 2 is 2.05 bits per heavy atom. The average Bonchev–Trinajstić information content (AvgIpc) is 2.43. The molecular formula is C14H14ClN3OS. The lowest BCUT2D eigenvalue weighted by Crippen LogP contribution is -2.30. The highest BCUT2D eigenvalue weighted by Crippen LogP contribution is 2.17. The number of rotatable bonds is 5. The summed E-state index contributed by atoms with van der Waals surface area (Å²) in [6.07, 6.45) is 1.64. The summed E-state index contributed by atoms with van der Waals surface area (Å²) in [5.41, 5.74) is 5.47. The van der Waals surface area contributed by atoms with E-state index in [9.17, 15) is 4.79 Å². The molecule has 0 fully saturated rings. The molecule has 2 rings (SSSR count). The van der Waals surface area contributed by atoms with Crippen LogP contribution in [0.2, 0.25) is 5.02 Å². The zero-order valence-corrected chi connectivity index (χ0v) is 12.2. The number of halogens is 1. The predicted molar refractivity (Wildman–Crippen MR) is 81.0 cm³/mol. The van der Waals surface area contributed by atoms with Gasteiger partial charge in [0.05, 0.1) is 10.6 Å². The minimum atomic E-state index is -0.637. The van der Waals surface area contributed by atoms with Crippen LogP contribution in [0, 0.1) is 5.41 Å². The molecule has 1 aromatic carbocycles. The zero-order chi connectivity index (χ0) is 14.5. The van der Waals surface area contributed by atoms with E-state index < -0.39 is 5.91 Å². The first-order chi connectivity index (χ1) is 9.58. The molecule has 0 saturated heterocycles. The third-order valence-corrected chi connectivity index (χ3v) is 3.91. The molecule has 0 bridgehead atoms. The van der Waals surface area contributed by atoms with Gasteiger partial charge in [0.15, 0.2) is 0 Å². The molecule has 6 heteroatoms. The Bertz CT molecular complexity index is 670. The van der Waals surface area contributed by atoms with Crippen molar-refractivity contribution in [1.29, 1.82) is 5.41 Å². The van der Waals surface area contributed by atoms with E-state index in [-0.39, 0.29) is 11.1 Å². The Morgan fingerprint density at radius 3 is 2.70 bits per heavy atom. The number of hydrogen-bond acceptors (Lipinski definition) is 3. The van der Waals surface area contributed by atoms with Gasteiger partial charge in [-0.25, -0.2) is 0 Å². The molecule has 4 nitrogen and oxygen atoms in total. The van der Waals surface area contributed by atoms with Gasteiger partial charge >= 0.3 is 0 Å². The number of nitrogens with zero attached hydrogens (tertiary/aromatic N) is 1. The van der Waals surface area contributed by atoms with E-state index in [2.05, 4.69) is 0 Å². The van der Waals surface area contributed by atoms with Gasteiger partial charge in [-0.3, -0.25) is 10.2 Å². The van der Waals surface area contributed by atoms with Crippen LogP contribution in [0.15, 0.2) is 47.5 Å². The Balaban J connectivity index is 2.10. The van der Waals surface area contributed by atoms with Crippen LogP contribution in [0.5, 0.6) is 0 Å². The maximum Gasteiger partial charge on any atom is 0.252 e. The lowest BCUT2D eigenvalue weighted by atomic mass is 10.2. The summed E-state index contributed by atoms with van der Waals surface area (Å²) >= 11 is 7.62. The van der Waals surface area contributed by atoms with Gasteiger partial charge in [-0.2, -0.15) is 0 Å². The molecule has 1 amide bonds. The van der Waals surface area contributed by atoms with E-state index >= 15 is 0 Å². The van der Waals surface area contributed by atoms with E-state index in [1.54, 1.807) is 22.5 Å². The summed E-state index contributed by atoms with van der Waals surface area (Å²) in [5.74, 6) is 0.140. The number of carbonyl (C=O) groups excluding carboxylic acids is 1. The van der Waals surface area contributed by atoms with Gasteiger partial charge < -0.3 is 10.3 Å². The van der Waals surface area contributed by atoms with Crippen molar-refractivity contribution in [2.75, 3.05) is 5.75 Å². The molecule has 0 radical (unpaired) electrons. The SMILES string of the molecule is N=c1c(C(N)=O)cc(Cl)cn1CCSc1ccccc1. The number of aryl methyl sites for hydroxylation is 1. The zero-order valence-electron chi connectivity index (χ0n) is 10.7. The normalized spacial score (nSPS) is 10.4. The lowest BCUT2D eigenvalue weighted by molar-refractivity contribution is 0.0998. The van der Waals surface area contributed by atoms with Crippen molar-refractivity contribution >= 4 is 29.3 Å². The van der Waals surface area contributed by atoms with Gasteiger partial charge in [-0.05, 0) is 18.2 Å². The predicted octanol–water partition coefficient (Wildman–Crippen LogP) is 2.51. The van der Waals surface area contributed by atoms with Gasteiger partial charge in [0.1, 0.15) is 5.49 Å². The van der Waals surface area contributed by atoms with Crippen LogP contribution in [-0.2, 0) is 6.54 Å². The fourth-order valence-electron chi connectivity index (χ4n) is 1.75. The fourth-order valence-corrected chi connectivity index (χ4v) is 2.85. The molecule has 0 atom stereocenters. The van der Waals surface area contributed by atoms with E-state index in [4.69, 9.17) is 22.7 Å². The van der Waals surface area contributed by atoms with Gasteiger partial charge in [0.25, 0.3) is 5.91 Å². The van der Waals surface area contributed by atoms with Crippen molar-refractivity contribution in [3.8, 4) is 0 Å². The highest BCUT2D eigenvalue weighted by atomic mass is 35.5. The number of primary amides is 1. The summed E-state index contributed by atoms with van der Waals surface area (Å²) in [4.78, 5) is 12.4. The summed E-state index contributed by atoms with van der Waals surface area (Å²) in [6.45, 7) is 0.583. The number of hydrogen-bond donors (Lipinski definition) is 2. The van der Waals surface area contributed by atoms with E-state index in [1.807, 2.05) is 30.3 Å². The van der Waals surface area contributed by atoms with Crippen LogP contribution < -0.4 is 11.2 Å². The molecule has 2 aromatic rings. The molecule has 104 valence electrons. The van der Waals surface area contributed by atoms with Crippen LogP contribution in [0.4, 0.5) is 0 Å². The Kier molecular flexibility index (Phi) is 4.87. The van der Waals surface area contributed by atoms with E-state index in [1.165, 1.54) is 6.07 Å². The molecule has 0 unspecified atom stereocenters. The first kappa shape index (κ1) is 14.7. The van der Waals surface area contributed by atoms with Crippen LogP contribution >= 0.6 is 23.4 Å². The number of pyridine rings is 1. The molecule has 20 heavy (non-hydrogen) atoms. The molecular weight excluding hydrogens is 294 g/mol. The van der Waals surface area contributed by atoms with E-state index in [0.717, 1.165) is 10.6 Å². The topological polar surface area (TPSA) is 71.9 Å². The second-order valence-electron chi connectivity index (χ2n) is 4.14. The minimum absolute atomic E-state index is 0.0931. The lowest BCUT2D eigenvalue weighted by Gasteiger charge is -2.09. The van der Waals surface area contributed by atoms with Crippen molar-refractivity contribution in [2.45, 2.75) is 11.4 Å². The van der Waals surface area contributed by atoms with Crippen LogP contribution in [0.3, 0.4) is 0 Å². The van der Waals surface area contributed by atoms with Crippen molar-refractivity contribution in [2.24, 2.45) is 5.73 Å². The van der Waals surface area contributed by atoms with Crippen molar-refractivity contribution in [3.63, 3.8) is 0 Å². The quantitative estimate of drug-likeness (QED) is 0.833. The first-order valence-electron chi connectivity index (χ1n) is 6.00. The summed E-state index contributed by atoms with van der Waals surface area (Å²) in [7, 11) is 0. The Hall–Kier alpha value is -1.72. The summed E-state index contributed by atoms with van der Waals surface area (Å²) in [6, 6.07) is 11.4. The molecule has 0 saturated carbocycles. The Labute approximate surface area is 126 Å². The van der Waals surface area contributed by atoms with E-state index in [0.29, 0.717) is 11.6 Å². The van der Waals surface area contributed by atoms with Gasteiger partial charge in [0, 0.05) is 23.4 Å². The second-order valence-corrected chi connectivity index (χ2v) is 5.74. The number of nitrogens with one attached hydrogen (secondary N) is 1. The van der Waals surface area contributed by atoms with Gasteiger partial charge in [-0.1, -0.05) is 29.8 Å². The average molecular weight is 308 g/mol. The molecule has 3 N–H and O–H groups in total. The summed E-state index contributed by atoms with van der Waals surface area (Å²) < 4.78 is 1.64. The number of aromatic nitrogens is 1. The van der Waals surface area contributed by atoms with Crippen LogP contribution in [0.25, 0.3) is 0 Å². The summed E-state index contributed by atoms with van der Waals surface area (Å²) in [5, 5.41) is 8.35. The number of benzene rings is 1. The maximum absolute atomic E-state index is 11.2. The highest BCUT2D eigenvalue weighted by molar-refractivity contribution is 7.99. The molecule has 0 aliphatic rings. The minimum Gasteiger partial charge on any atom is -0.365 e. The number of amides is 1. The maximum atomic E-state index is 11.2. The standard InChI is InChI=1S/C14H14ClN3OS/c15-10-8-12(14(17)19)13(16)18(9-10)6-7-20-11-4-2-1-3-5-11/h1-5,8-9,16H,6-7H2,(H2,17,19). The van der Waals surface area contributed by atoms with Crippen molar-refractivity contribution in [1.82, 2.24) is 4.57 Å². The Morgan fingerprint density at radius 1 is 1.35 bits per heavy atom. The van der Waals surface area contributed by atoms with Crippen molar-refractivity contribution in [3.05, 3.63) is 58.7 Å². The van der Waals surface area contributed by atoms with Gasteiger partial charge in [0.2, 0.25) is 0 Å². The van der Waals surface area contributed by atoms with Gasteiger partial charge in [-0.15, -0.1) is 11.8 Å². The van der Waals surface area contributed by atoms with Crippen LogP contribution in [0.1, 0.15) is 10.4 Å². The number of nitrogens with two attached hydrogens (primary N) is 1. The highest BCUT2D eigenvalue weighted by Gasteiger charge is 2.08. The third kappa shape index (κ3) is 3.65. The fraction of sp³-hybridized carbons (Fsp3) is 0.143.